The normalized spacial score (nSPS) is 15.0. The Morgan fingerprint density at radius 2 is 1.45 bits per heavy atom. The Balaban J connectivity index is 0.000000133. The molecule has 0 amide bonds. The Hall–Kier alpha value is -1.00. The second-order valence-corrected chi connectivity index (χ2v) is 7.61. The van der Waals surface area contributed by atoms with Crippen molar-refractivity contribution in [1.29, 1.82) is 0 Å². The highest BCUT2D eigenvalue weighted by molar-refractivity contribution is 9.11. The monoisotopic (exact) mass is 422 g/mol. The molecule has 2 aliphatic carbocycles. The largest absolute Gasteiger partial charge is 0.399 e. The van der Waals surface area contributed by atoms with Crippen molar-refractivity contribution in [3.8, 4) is 0 Å². The summed E-state index contributed by atoms with van der Waals surface area (Å²) in [4.78, 5) is 0. The Morgan fingerprint density at radius 3 is 2.27 bits per heavy atom. The Bertz CT molecular complexity index is 711. The summed E-state index contributed by atoms with van der Waals surface area (Å²) in [5.41, 5.74) is 19.0. The van der Waals surface area contributed by atoms with Gasteiger partial charge >= 0.3 is 0 Å². The van der Waals surface area contributed by atoms with Crippen LogP contribution in [0.25, 0.3) is 0 Å². The minimum absolute atomic E-state index is 0.829. The first-order valence-corrected chi connectivity index (χ1v) is 9.27. The van der Waals surface area contributed by atoms with Crippen LogP contribution in [0.15, 0.2) is 33.2 Å². The molecule has 0 bridgehead atoms. The molecule has 0 fully saturated rings. The summed E-state index contributed by atoms with van der Waals surface area (Å²) in [6, 6.07) is 8.38. The van der Waals surface area contributed by atoms with Gasteiger partial charge in [-0.3, -0.25) is 0 Å². The maximum absolute atomic E-state index is 5.86. The van der Waals surface area contributed by atoms with Gasteiger partial charge in [-0.2, -0.15) is 0 Å². The molecule has 2 nitrogen and oxygen atoms in total. The highest BCUT2D eigenvalue weighted by Crippen LogP contribution is 2.38. The molecule has 0 saturated carbocycles. The third kappa shape index (κ3) is 3.18. The van der Waals surface area contributed by atoms with Crippen LogP contribution in [-0.4, -0.2) is 0 Å². The van der Waals surface area contributed by atoms with Gasteiger partial charge in [0.15, 0.2) is 0 Å². The maximum atomic E-state index is 5.86. The van der Waals surface area contributed by atoms with E-state index in [0.717, 1.165) is 26.7 Å². The van der Waals surface area contributed by atoms with Gasteiger partial charge in [0, 0.05) is 14.6 Å². The molecule has 4 rings (SSSR count). The van der Waals surface area contributed by atoms with Gasteiger partial charge in [0.25, 0.3) is 0 Å². The van der Waals surface area contributed by atoms with Crippen LogP contribution < -0.4 is 11.5 Å². The van der Waals surface area contributed by atoms with Crippen molar-refractivity contribution in [2.75, 3.05) is 11.5 Å². The number of anilines is 2. The predicted molar refractivity (Wildman–Crippen MR) is 101 cm³/mol. The van der Waals surface area contributed by atoms with Crippen molar-refractivity contribution in [2.45, 2.75) is 38.5 Å². The van der Waals surface area contributed by atoms with Crippen LogP contribution in [-0.2, 0) is 25.7 Å². The van der Waals surface area contributed by atoms with Crippen molar-refractivity contribution in [1.82, 2.24) is 0 Å². The van der Waals surface area contributed by atoms with Crippen molar-refractivity contribution in [3.05, 3.63) is 55.5 Å². The number of rotatable bonds is 0. The zero-order chi connectivity index (χ0) is 15.7. The van der Waals surface area contributed by atoms with Gasteiger partial charge in [-0.25, -0.2) is 0 Å². The Morgan fingerprint density at radius 1 is 0.773 bits per heavy atom. The van der Waals surface area contributed by atoms with Crippen molar-refractivity contribution >= 4 is 43.2 Å². The lowest BCUT2D eigenvalue weighted by Gasteiger charge is -2.07. The minimum Gasteiger partial charge on any atom is -0.399 e. The molecule has 0 aliphatic heterocycles. The van der Waals surface area contributed by atoms with E-state index in [9.17, 15) is 0 Å². The average Bonchev–Trinajstić information content (AvgIpc) is 3.13. The molecule has 0 saturated heterocycles. The van der Waals surface area contributed by atoms with E-state index in [4.69, 9.17) is 11.5 Å². The average molecular weight is 424 g/mol. The number of fused-ring (bicyclic) bond motifs is 2. The molecule has 22 heavy (non-hydrogen) atoms. The molecule has 4 N–H and O–H groups in total. The maximum Gasteiger partial charge on any atom is 0.0605 e. The highest BCUT2D eigenvalue weighted by atomic mass is 79.9. The molecule has 0 unspecified atom stereocenters. The topological polar surface area (TPSA) is 52.0 Å². The summed E-state index contributed by atoms with van der Waals surface area (Å²) in [5, 5.41) is 0. The third-order valence-corrected chi connectivity index (χ3v) is 6.00. The summed E-state index contributed by atoms with van der Waals surface area (Å²) in [7, 11) is 0. The molecular formula is C18H20Br2N2. The van der Waals surface area contributed by atoms with Gasteiger partial charge in [0.2, 0.25) is 0 Å². The van der Waals surface area contributed by atoms with Gasteiger partial charge in [0.1, 0.15) is 0 Å². The molecular weight excluding hydrogens is 404 g/mol. The van der Waals surface area contributed by atoms with E-state index in [0.29, 0.717) is 0 Å². The molecule has 2 aliphatic rings. The van der Waals surface area contributed by atoms with Gasteiger partial charge in [-0.05, 0) is 111 Å². The van der Waals surface area contributed by atoms with Crippen LogP contribution in [0, 0.1) is 0 Å². The van der Waals surface area contributed by atoms with E-state index in [-0.39, 0.29) is 0 Å². The molecule has 0 aromatic heterocycles. The number of benzene rings is 2. The highest BCUT2D eigenvalue weighted by Gasteiger charge is 2.17. The Labute approximate surface area is 148 Å². The smallest absolute Gasteiger partial charge is 0.0605 e. The summed E-state index contributed by atoms with van der Waals surface area (Å²) in [5.74, 6) is 0. The van der Waals surface area contributed by atoms with Crippen molar-refractivity contribution in [2.24, 2.45) is 0 Å². The van der Waals surface area contributed by atoms with Gasteiger partial charge in [0.05, 0.1) is 5.69 Å². The fourth-order valence-electron chi connectivity index (χ4n) is 3.27. The van der Waals surface area contributed by atoms with E-state index in [1.165, 1.54) is 54.4 Å². The van der Waals surface area contributed by atoms with Crippen LogP contribution in [0.3, 0.4) is 0 Å². The van der Waals surface area contributed by atoms with E-state index >= 15 is 0 Å². The molecule has 0 heterocycles. The van der Waals surface area contributed by atoms with E-state index in [1.54, 1.807) is 0 Å². The minimum atomic E-state index is 0.829. The summed E-state index contributed by atoms with van der Waals surface area (Å²) in [6.45, 7) is 0. The van der Waals surface area contributed by atoms with E-state index in [2.05, 4.69) is 50.1 Å². The first-order valence-electron chi connectivity index (χ1n) is 7.68. The molecule has 116 valence electrons. The van der Waals surface area contributed by atoms with Crippen LogP contribution in [0.5, 0.6) is 0 Å². The summed E-state index contributed by atoms with van der Waals surface area (Å²) < 4.78 is 2.10. The molecule has 0 radical (unpaired) electrons. The third-order valence-electron chi connectivity index (χ3n) is 4.44. The standard InChI is InChI=1S/C9H9Br2N.C9H11N/c10-7-4-5-2-1-3-6(5)8(11)9(7)12;10-9-5-4-7-2-1-3-8(7)6-9/h4H,1-3,12H2;4-6H,1-3,10H2. The van der Waals surface area contributed by atoms with Crippen LogP contribution in [0.4, 0.5) is 11.4 Å². The number of nitrogen functional groups attached to an aromatic ring is 2. The second kappa shape index (κ2) is 6.63. The molecule has 0 atom stereocenters. The van der Waals surface area contributed by atoms with Crippen molar-refractivity contribution in [3.63, 3.8) is 0 Å². The van der Waals surface area contributed by atoms with Gasteiger partial charge in [-0.1, -0.05) is 6.07 Å². The van der Waals surface area contributed by atoms with Crippen LogP contribution in [0.1, 0.15) is 35.1 Å². The quantitative estimate of drug-likeness (QED) is 0.583. The molecule has 2 aromatic rings. The lowest BCUT2D eigenvalue weighted by Crippen LogP contribution is -1.93. The lowest BCUT2D eigenvalue weighted by atomic mass is 10.1. The van der Waals surface area contributed by atoms with E-state index in [1.807, 2.05) is 6.07 Å². The van der Waals surface area contributed by atoms with Crippen molar-refractivity contribution < 1.29 is 0 Å². The summed E-state index contributed by atoms with van der Waals surface area (Å²) >= 11 is 6.97. The zero-order valence-electron chi connectivity index (χ0n) is 12.5. The lowest BCUT2D eigenvalue weighted by molar-refractivity contribution is 0.910. The number of nitrogens with two attached hydrogens (primary N) is 2. The SMILES string of the molecule is Nc1c(Br)cc2c(c1Br)CCC2.Nc1ccc2c(c1)CCC2. The fraction of sp³-hybridized carbons (Fsp3) is 0.333. The second-order valence-electron chi connectivity index (χ2n) is 5.96. The number of hydrogen-bond donors (Lipinski definition) is 2. The van der Waals surface area contributed by atoms with E-state index < -0.39 is 0 Å². The number of halogens is 2. The number of aryl methyl sites for hydroxylation is 3. The summed E-state index contributed by atoms with van der Waals surface area (Å²) in [6.07, 6.45) is 7.37. The zero-order valence-corrected chi connectivity index (χ0v) is 15.6. The number of hydrogen-bond acceptors (Lipinski definition) is 2. The first kappa shape index (κ1) is 15.9. The fourth-order valence-corrected chi connectivity index (χ4v) is 4.67. The Kier molecular flexibility index (Phi) is 4.79. The molecule has 4 heteroatoms. The van der Waals surface area contributed by atoms with Gasteiger partial charge < -0.3 is 11.5 Å². The first-order chi connectivity index (χ1) is 10.6. The predicted octanol–water partition coefficient (Wildman–Crippen LogP) is 5.04. The van der Waals surface area contributed by atoms with Crippen LogP contribution >= 0.6 is 31.9 Å². The molecule has 0 spiro atoms. The van der Waals surface area contributed by atoms with Crippen LogP contribution in [0.2, 0.25) is 0 Å². The molecule has 2 aromatic carbocycles. The van der Waals surface area contributed by atoms with Gasteiger partial charge in [-0.15, -0.1) is 0 Å².